The number of benzene rings is 1. The molecule has 0 radical (unpaired) electrons. The van der Waals surface area contributed by atoms with Crippen molar-refractivity contribution in [3.63, 3.8) is 0 Å². The molecule has 0 saturated heterocycles. The number of hydrogen-bond acceptors (Lipinski definition) is 4. The van der Waals surface area contributed by atoms with Crippen LogP contribution in [0.5, 0.6) is 0 Å². The lowest BCUT2D eigenvalue weighted by Crippen LogP contribution is -2.26. The molecule has 0 bridgehead atoms. The molecule has 6 nitrogen and oxygen atoms in total. The van der Waals surface area contributed by atoms with Crippen LogP contribution in [0.15, 0.2) is 30.0 Å². The summed E-state index contributed by atoms with van der Waals surface area (Å²) in [4.78, 5) is 22.2. The second-order valence-electron chi connectivity index (χ2n) is 4.89. The number of nitrogens with zero attached hydrogens (tertiary/aromatic N) is 1. The highest BCUT2D eigenvalue weighted by Gasteiger charge is 2.08. The van der Waals surface area contributed by atoms with E-state index in [0.29, 0.717) is 6.42 Å². The molecule has 0 saturated carbocycles. The fourth-order valence-corrected chi connectivity index (χ4v) is 1.73. The van der Waals surface area contributed by atoms with Crippen LogP contribution in [0.2, 0.25) is 0 Å². The number of nitrogens with one attached hydrogen (secondary N) is 2. The third-order valence-corrected chi connectivity index (χ3v) is 2.98. The molecule has 116 valence electrons. The first-order valence-electron chi connectivity index (χ1n) is 6.88. The number of carbonyl (C=O) groups excluding carboxylic acids is 1. The molecule has 0 aliphatic rings. The third-order valence-electron chi connectivity index (χ3n) is 2.98. The van der Waals surface area contributed by atoms with Crippen molar-refractivity contribution in [2.24, 2.45) is 0 Å². The number of aryl methyl sites for hydroxylation is 2. The molecule has 3 N–H and O–H groups in total. The van der Waals surface area contributed by atoms with E-state index in [9.17, 15) is 9.59 Å². The van der Waals surface area contributed by atoms with Crippen LogP contribution in [-0.2, 0) is 9.59 Å². The van der Waals surface area contributed by atoms with Gasteiger partial charge in [-0.2, -0.15) is 5.26 Å². The summed E-state index contributed by atoms with van der Waals surface area (Å²) in [6.07, 6.45) is 1.66. The Kier molecular flexibility index (Phi) is 6.64. The minimum atomic E-state index is -0.915. The summed E-state index contributed by atoms with van der Waals surface area (Å²) in [5.74, 6) is -1.44. The van der Waals surface area contributed by atoms with Crippen LogP contribution < -0.4 is 10.6 Å². The van der Waals surface area contributed by atoms with Gasteiger partial charge in [0, 0.05) is 24.9 Å². The zero-order chi connectivity index (χ0) is 16.5. The topological polar surface area (TPSA) is 102 Å². The van der Waals surface area contributed by atoms with E-state index in [-0.39, 0.29) is 18.5 Å². The number of carbonyl (C=O) groups is 2. The summed E-state index contributed by atoms with van der Waals surface area (Å²) in [7, 11) is 0. The van der Waals surface area contributed by atoms with Gasteiger partial charge in [0.05, 0.1) is 0 Å². The minimum absolute atomic E-state index is 0.0212. The van der Waals surface area contributed by atoms with Crippen molar-refractivity contribution in [2.75, 3.05) is 11.9 Å². The van der Waals surface area contributed by atoms with Gasteiger partial charge in [0.15, 0.2) is 0 Å². The van der Waals surface area contributed by atoms with Crippen molar-refractivity contribution >= 4 is 17.6 Å². The van der Waals surface area contributed by atoms with Gasteiger partial charge in [-0.1, -0.05) is 12.1 Å². The second-order valence-corrected chi connectivity index (χ2v) is 4.89. The Bertz CT molecular complexity index is 630. The van der Waals surface area contributed by atoms with Crippen LogP contribution in [0.3, 0.4) is 0 Å². The Morgan fingerprint density at radius 3 is 2.73 bits per heavy atom. The Hall–Kier alpha value is -2.81. The molecule has 0 atom stereocenters. The van der Waals surface area contributed by atoms with E-state index in [4.69, 9.17) is 10.4 Å². The number of hydrogen-bond donors (Lipinski definition) is 3. The Balaban J connectivity index is 2.62. The monoisotopic (exact) mass is 301 g/mol. The zero-order valence-electron chi connectivity index (χ0n) is 12.6. The van der Waals surface area contributed by atoms with Crippen LogP contribution in [0.4, 0.5) is 5.69 Å². The second kappa shape index (κ2) is 8.47. The van der Waals surface area contributed by atoms with Gasteiger partial charge in [-0.05, 0) is 37.5 Å². The molecule has 0 aliphatic heterocycles. The number of amides is 1. The highest BCUT2D eigenvalue weighted by molar-refractivity contribution is 5.97. The lowest BCUT2D eigenvalue weighted by atomic mass is 10.1. The van der Waals surface area contributed by atoms with Crippen molar-refractivity contribution in [1.29, 1.82) is 5.26 Å². The molecule has 0 heterocycles. The maximum atomic E-state index is 11.8. The van der Waals surface area contributed by atoms with Gasteiger partial charge in [-0.3, -0.25) is 9.59 Å². The van der Waals surface area contributed by atoms with Gasteiger partial charge in [0.2, 0.25) is 0 Å². The minimum Gasteiger partial charge on any atom is -0.481 e. The van der Waals surface area contributed by atoms with Crippen molar-refractivity contribution in [2.45, 2.75) is 26.7 Å². The van der Waals surface area contributed by atoms with Gasteiger partial charge in [0.1, 0.15) is 11.6 Å². The van der Waals surface area contributed by atoms with E-state index in [2.05, 4.69) is 10.6 Å². The highest BCUT2D eigenvalue weighted by atomic mass is 16.4. The summed E-state index contributed by atoms with van der Waals surface area (Å²) < 4.78 is 0. The number of nitriles is 1. The van der Waals surface area contributed by atoms with E-state index >= 15 is 0 Å². The average molecular weight is 301 g/mol. The lowest BCUT2D eigenvalue weighted by Gasteiger charge is -2.08. The molecule has 1 amide bonds. The summed E-state index contributed by atoms with van der Waals surface area (Å²) in [6.45, 7) is 4.09. The van der Waals surface area contributed by atoms with E-state index in [0.717, 1.165) is 16.8 Å². The molecule has 0 aliphatic carbocycles. The average Bonchev–Trinajstić information content (AvgIpc) is 2.47. The first-order valence-corrected chi connectivity index (χ1v) is 6.88. The van der Waals surface area contributed by atoms with Crippen molar-refractivity contribution in [3.8, 4) is 6.07 Å². The molecule has 0 aromatic heterocycles. The molecule has 1 rings (SSSR count). The number of carboxylic acid groups (broad SMARTS) is 1. The van der Waals surface area contributed by atoms with Crippen molar-refractivity contribution < 1.29 is 14.7 Å². The lowest BCUT2D eigenvalue weighted by molar-refractivity contribution is -0.137. The molecule has 22 heavy (non-hydrogen) atoms. The Morgan fingerprint density at radius 2 is 2.09 bits per heavy atom. The normalized spacial score (nSPS) is 10.7. The van der Waals surface area contributed by atoms with Crippen LogP contribution in [0, 0.1) is 25.2 Å². The molecule has 0 fully saturated rings. The van der Waals surface area contributed by atoms with E-state index in [1.165, 1.54) is 6.20 Å². The Morgan fingerprint density at radius 1 is 1.36 bits per heavy atom. The summed E-state index contributed by atoms with van der Waals surface area (Å²) >= 11 is 0. The van der Waals surface area contributed by atoms with E-state index < -0.39 is 11.9 Å². The van der Waals surface area contributed by atoms with Crippen molar-refractivity contribution in [1.82, 2.24) is 5.32 Å². The number of aliphatic carboxylic acids is 1. The fourth-order valence-electron chi connectivity index (χ4n) is 1.73. The van der Waals surface area contributed by atoms with Gasteiger partial charge in [-0.25, -0.2) is 0 Å². The number of rotatable bonds is 7. The first-order chi connectivity index (χ1) is 10.4. The predicted molar refractivity (Wildman–Crippen MR) is 83.1 cm³/mol. The Labute approximate surface area is 129 Å². The highest BCUT2D eigenvalue weighted by Crippen LogP contribution is 2.16. The standard InChI is InChI=1S/C16H19N3O3/c1-11-5-6-12(2)14(8-11)19-10-13(9-17)16(22)18-7-3-4-15(20)21/h5-6,8,10,19H,3-4,7H2,1-2H3,(H,18,22)(H,20,21)/b13-10-. The maximum absolute atomic E-state index is 11.8. The predicted octanol–water partition coefficient (Wildman–Crippen LogP) is 2.10. The van der Waals surface area contributed by atoms with Gasteiger partial charge in [0.25, 0.3) is 5.91 Å². The fraction of sp³-hybridized carbons (Fsp3) is 0.312. The number of carboxylic acids is 1. The van der Waals surface area contributed by atoms with Crippen LogP contribution in [0.25, 0.3) is 0 Å². The summed E-state index contributed by atoms with van der Waals surface area (Å²) in [5.41, 5.74) is 2.83. The summed E-state index contributed by atoms with van der Waals surface area (Å²) in [5, 5.41) is 23.0. The summed E-state index contributed by atoms with van der Waals surface area (Å²) in [6, 6.07) is 7.67. The largest absolute Gasteiger partial charge is 0.481 e. The molecule has 1 aromatic rings. The van der Waals surface area contributed by atoms with Crippen molar-refractivity contribution in [3.05, 3.63) is 41.1 Å². The molecule has 1 aromatic carbocycles. The maximum Gasteiger partial charge on any atom is 0.303 e. The van der Waals surface area contributed by atoms with Gasteiger partial charge in [-0.15, -0.1) is 0 Å². The molecule has 6 heteroatoms. The zero-order valence-corrected chi connectivity index (χ0v) is 12.6. The SMILES string of the molecule is Cc1ccc(C)c(N/C=C(/C#N)C(=O)NCCCC(=O)O)c1. The van der Waals surface area contributed by atoms with Gasteiger partial charge < -0.3 is 15.7 Å². The first kappa shape index (κ1) is 17.2. The molecule has 0 unspecified atom stereocenters. The molecular weight excluding hydrogens is 282 g/mol. The van der Waals surface area contributed by atoms with E-state index in [1.807, 2.05) is 38.1 Å². The van der Waals surface area contributed by atoms with Crippen LogP contribution >= 0.6 is 0 Å². The van der Waals surface area contributed by atoms with Crippen LogP contribution in [-0.4, -0.2) is 23.5 Å². The van der Waals surface area contributed by atoms with E-state index in [1.54, 1.807) is 0 Å². The van der Waals surface area contributed by atoms with Crippen LogP contribution in [0.1, 0.15) is 24.0 Å². The quantitative estimate of drug-likeness (QED) is 0.406. The van der Waals surface area contributed by atoms with Gasteiger partial charge >= 0.3 is 5.97 Å². The number of anilines is 1. The molecule has 0 spiro atoms. The smallest absolute Gasteiger partial charge is 0.303 e. The third kappa shape index (κ3) is 5.67. The molecular formula is C16H19N3O3.